The molecule has 3 fully saturated rings. The zero-order valence-electron chi connectivity index (χ0n) is 18.0. The lowest BCUT2D eigenvalue weighted by atomic mass is 9.48. The molecule has 2 N–H and O–H groups in total. The van der Waals surface area contributed by atoms with Gasteiger partial charge in [-0.1, -0.05) is 19.9 Å². The number of carbonyl (C=O) groups excluding carboxylic acids is 2. The van der Waals surface area contributed by atoms with Crippen LogP contribution in [0.1, 0.15) is 66.2 Å². The molecular weight excluding hydrogens is 352 g/mol. The van der Waals surface area contributed by atoms with Gasteiger partial charge in [-0.2, -0.15) is 0 Å². The molecule has 4 aliphatic rings. The number of carbonyl (C=O) groups is 2. The fourth-order valence-electron chi connectivity index (χ4n) is 7.31. The third kappa shape index (κ3) is 2.76. The largest absolute Gasteiger partial charge is 0.381 e. The van der Waals surface area contributed by atoms with E-state index in [0.29, 0.717) is 23.8 Å². The minimum atomic E-state index is -1.33. The van der Waals surface area contributed by atoms with Crippen molar-refractivity contribution in [3.05, 3.63) is 12.2 Å². The van der Waals surface area contributed by atoms with E-state index < -0.39 is 5.60 Å². The predicted octanol–water partition coefficient (Wildman–Crippen LogP) is 2.88. The van der Waals surface area contributed by atoms with Crippen LogP contribution in [0.25, 0.3) is 0 Å². The van der Waals surface area contributed by atoms with Crippen LogP contribution in [0.2, 0.25) is 0 Å². The third-order valence-corrected chi connectivity index (χ3v) is 8.99. The first kappa shape index (κ1) is 19.9. The van der Waals surface area contributed by atoms with E-state index in [9.17, 15) is 14.7 Å². The molecule has 0 bridgehead atoms. The highest BCUT2D eigenvalue weighted by atomic mass is 16.3. The molecule has 0 spiro atoms. The summed E-state index contributed by atoms with van der Waals surface area (Å²) in [7, 11) is 1.96. The van der Waals surface area contributed by atoms with E-state index >= 15 is 0 Å². The molecule has 156 valence electrons. The standard InChI is InChI=1S/C23H36N2O3/c1-21(2,28)20(27)24-17-8-7-15-14-6-9-18-23(4,13-11-19(26)25(18)5)16(14)10-12-22(15,17)3/h11,13-18,28H,6-10,12H2,1-5H3,(H,24,27)/t14-,15-,16-,17-,18+,22-,23+/m0/s1. The van der Waals surface area contributed by atoms with Crippen molar-refractivity contribution in [2.45, 2.75) is 83.9 Å². The highest BCUT2D eigenvalue weighted by Gasteiger charge is 2.60. The second-order valence-corrected chi connectivity index (χ2v) is 10.8. The van der Waals surface area contributed by atoms with Gasteiger partial charge in [0.05, 0.1) is 0 Å². The van der Waals surface area contributed by atoms with Crippen LogP contribution < -0.4 is 5.32 Å². The topological polar surface area (TPSA) is 69.6 Å². The molecule has 0 aromatic heterocycles. The number of nitrogens with one attached hydrogen (secondary N) is 1. The van der Waals surface area contributed by atoms with Crippen molar-refractivity contribution in [3.63, 3.8) is 0 Å². The lowest BCUT2D eigenvalue weighted by molar-refractivity contribution is -0.141. The number of nitrogens with zero attached hydrogens (tertiary/aromatic N) is 1. The Balaban J connectivity index is 1.58. The van der Waals surface area contributed by atoms with Crippen molar-refractivity contribution in [1.29, 1.82) is 0 Å². The van der Waals surface area contributed by atoms with Crippen molar-refractivity contribution in [2.75, 3.05) is 7.05 Å². The van der Waals surface area contributed by atoms with Crippen LogP contribution in [0.4, 0.5) is 0 Å². The Morgan fingerprint density at radius 2 is 1.89 bits per heavy atom. The fraction of sp³-hybridized carbons (Fsp3) is 0.826. The van der Waals surface area contributed by atoms with Gasteiger partial charge in [0.15, 0.2) is 0 Å². The number of amides is 2. The fourth-order valence-corrected chi connectivity index (χ4v) is 7.31. The summed E-state index contributed by atoms with van der Waals surface area (Å²) in [4.78, 5) is 26.6. The van der Waals surface area contributed by atoms with Gasteiger partial charge in [0, 0.05) is 24.5 Å². The summed E-state index contributed by atoms with van der Waals surface area (Å²) in [5, 5.41) is 13.2. The first-order chi connectivity index (χ1) is 13.0. The lowest BCUT2D eigenvalue weighted by Gasteiger charge is -2.60. The molecule has 7 atom stereocenters. The molecule has 4 rings (SSSR count). The highest BCUT2D eigenvalue weighted by molar-refractivity contribution is 5.89. The number of hydrogen-bond acceptors (Lipinski definition) is 3. The van der Waals surface area contributed by atoms with Crippen LogP contribution >= 0.6 is 0 Å². The maximum Gasteiger partial charge on any atom is 0.251 e. The summed E-state index contributed by atoms with van der Waals surface area (Å²) < 4.78 is 0. The van der Waals surface area contributed by atoms with Crippen LogP contribution in [-0.2, 0) is 9.59 Å². The molecule has 0 aromatic carbocycles. The van der Waals surface area contributed by atoms with E-state index in [1.807, 2.05) is 11.9 Å². The number of fused-ring (bicyclic) bond motifs is 5. The summed E-state index contributed by atoms with van der Waals surface area (Å²) in [5.74, 6) is 1.73. The van der Waals surface area contributed by atoms with Gasteiger partial charge >= 0.3 is 0 Å². The molecule has 1 heterocycles. The molecule has 2 amide bonds. The maximum absolute atomic E-state index is 12.4. The Hall–Kier alpha value is -1.36. The second-order valence-electron chi connectivity index (χ2n) is 10.8. The molecule has 0 saturated heterocycles. The van der Waals surface area contributed by atoms with Gasteiger partial charge in [-0.3, -0.25) is 9.59 Å². The monoisotopic (exact) mass is 388 g/mol. The Labute approximate surface area is 168 Å². The number of hydrogen-bond donors (Lipinski definition) is 2. The van der Waals surface area contributed by atoms with E-state index in [4.69, 9.17) is 0 Å². The second kappa shape index (κ2) is 6.32. The molecule has 5 nitrogen and oxygen atoms in total. The predicted molar refractivity (Wildman–Crippen MR) is 108 cm³/mol. The van der Waals surface area contributed by atoms with Crippen molar-refractivity contribution < 1.29 is 14.7 Å². The van der Waals surface area contributed by atoms with Gasteiger partial charge in [0.2, 0.25) is 5.91 Å². The summed E-state index contributed by atoms with van der Waals surface area (Å²) in [6.07, 6.45) is 10.6. The van der Waals surface area contributed by atoms with Gasteiger partial charge in [-0.15, -0.1) is 0 Å². The molecule has 28 heavy (non-hydrogen) atoms. The van der Waals surface area contributed by atoms with Gasteiger partial charge in [-0.05, 0) is 81.6 Å². The van der Waals surface area contributed by atoms with Crippen molar-refractivity contribution in [3.8, 4) is 0 Å². The zero-order chi connectivity index (χ0) is 20.5. The van der Waals surface area contributed by atoms with E-state index in [0.717, 1.165) is 32.1 Å². The average molecular weight is 389 g/mol. The van der Waals surface area contributed by atoms with Crippen LogP contribution in [0.3, 0.4) is 0 Å². The quantitative estimate of drug-likeness (QED) is 0.764. The molecule has 0 radical (unpaired) electrons. The molecular formula is C23H36N2O3. The maximum atomic E-state index is 12.4. The van der Waals surface area contributed by atoms with Crippen molar-refractivity contribution in [1.82, 2.24) is 10.2 Å². The van der Waals surface area contributed by atoms with E-state index in [1.165, 1.54) is 6.42 Å². The average Bonchev–Trinajstić information content (AvgIpc) is 2.94. The summed E-state index contributed by atoms with van der Waals surface area (Å²) in [6, 6.07) is 0.455. The normalized spacial score (nSPS) is 45.3. The highest BCUT2D eigenvalue weighted by Crippen LogP contribution is 2.63. The number of rotatable bonds is 2. The summed E-state index contributed by atoms with van der Waals surface area (Å²) >= 11 is 0. The van der Waals surface area contributed by atoms with Gasteiger partial charge in [0.1, 0.15) is 5.60 Å². The first-order valence-corrected chi connectivity index (χ1v) is 11.0. The molecule has 3 saturated carbocycles. The molecule has 5 heteroatoms. The van der Waals surface area contributed by atoms with Crippen LogP contribution in [0.5, 0.6) is 0 Å². The molecule has 0 unspecified atom stereocenters. The number of aliphatic hydroxyl groups is 1. The minimum Gasteiger partial charge on any atom is -0.381 e. The SMILES string of the molecule is CN1C(=O)C=C[C@]2(C)[C@H]3CC[C@]4(C)[C@@H](NC(=O)C(C)(C)O)CC[C@H]4[C@@H]3CC[C@@H]12. The lowest BCUT2D eigenvalue weighted by Crippen LogP contribution is -2.61. The Bertz CT molecular complexity index is 711. The minimum absolute atomic E-state index is 0.0569. The van der Waals surface area contributed by atoms with Crippen LogP contribution in [-0.4, -0.2) is 46.6 Å². The van der Waals surface area contributed by atoms with Crippen molar-refractivity contribution >= 4 is 11.8 Å². The Kier molecular flexibility index (Phi) is 4.50. The summed E-state index contributed by atoms with van der Waals surface area (Å²) in [5.41, 5.74) is -1.17. The van der Waals surface area contributed by atoms with E-state index in [1.54, 1.807) is 19.9 Å². The van der Waals surface area contributed by atoms with Gasteiger partial charge < -0.3 is 15.3 Å². The Morgan fingerprint density at radius 1 is 1.18 bits per heavy atom. The van der Waals surface area contributed by atoms with E-state index in [2.05, 4.69) is 25.2 Å². The Morgan fingerprint density at radius 3 is 2.57 bits per heavy atom. The molecule has 0 aromatic rings. The van der Waals surface area contributed by atoms with Gasteiger partial charge in [0.25, 0.3) is 5.91 Å². The number of likely N-dealkylation sites (N-methyl/N-ethyl adjacent to an activating group) is 1. The first-order valence-electron chi connectivity index (χ1n) is 11.0. The molecule has 3 aliphatic carbocycles. The molecule has 1 aliphatic heterocycles. The van der Waals surface area contributed by atoms with E-state index in [-0.39, 0.29) is 28.7 Å². The van der Waals surface area contributed by atoms with Crippen LogP contribution in [0, 0.1) is 28.6 Å². The summed E-state index contributed by atoms with van der Waals surface area (Å²) in [6.45, 7) is 7.84. The van der Waals surface area contributed by atoms with Crippen LogP contribution in [0.15, 0.2) is 12.2 Å². The zero-order valence-corrected chi connectivity index (χ0v) is 18.0. The smallest absolute Gasteiger partial charge is 0.251 e. The third-order valence-electron chi connectivity index (χ3n) is 8.99. The van der Waals surface area contributed by atoms with Crippen molar-refractivity contribution in [2.24, 2.45) is 28.6 Å². The van der Waals surface area contributed by atoms with Gasteiger partial charge in [-0.25, -0.2) is 0 Å².